The van der Waals surface area contributed by atoms with E-state index in [0.717, 1.165) is 18.7 Å². The second-order valence-electron chi connectivity index (χ2n) is 6.88. The summed E-state index contributed by atoms with van der Waals surface area (Å²) in [6, 6.07) is 13.1. The van der Waals surface area contributed by atoms with Crippen LogP contribution in [0.4, 0.5) is 4.39 Å². The number of likely N-dealkylation sites (tertiary alicyclic amines) is 1. The van der Waals surface area contributed by atoms with Crippen LogP contribution in [-0.4, -0.2) is 37.7 Å². The Morgan fingerprint density at radius 1 is 1.15 bits per heavy atom. The minimum absolute atomic E-state index is 0.173. The first kappa shape index (κ1) is 19.6. The van der Waals surface area contributed by atoms with Gasteiger partial charge >= 0.3 is 0 Å². The first-order valence-corrected chi connectivity index (χ1v) is 9.69. The quantitative estimate of drug-likeness (QED) is 0.722. The van der Waals surface area contributed by atoms with E-state index in [1.165, 1.54) is 25.5 Å². The number of hydrogen-bond donors (Lipinski definition) is 1. The standard InChI is InChI=1S/C22H29FN2O2/c1-3-25-13-7-10-19(25)15-24-14-17-9-6-12-21(26-2)22(17)27-16-18-8-4-5-11-20(18)23/h4-6,8-9,11-12,19,24H,3,7,10,13-16H2,1-2H3/t19-/m1/s1. The summed E-state index contributed by atoms with van der Waals surface area (Å²) in [7, 11) is 1.63. The second kappa shape index (κ2) is 9.72. The lowest BCUT2D eigenvalue weighted by Gasteiger charge is -2.23. The third-order valence-corrected chi connectivity index (χ3v) is 5.21. The van der Waals surface area contributed by atoms with Crippen LogP contribution in [0.15, 0.2) is 42.5 Å². The van der Waals surface area contributed by atoms with Crippen molar-refractivity contribution in [2.24, 2.45) is 0 Å². The molecule has 0 aromatic heterocycles. The van der Waals surface area contributed by atoms with Gasteiger partial charge in [0.1, 0.15) is 12.4 Å². The summed E-state index contributed by atoms with van der Waals surface area (Å²) in [5, 5.41) is 3.56. The van der Waals surface area contributed by atoms with Gasteiger partial charge in [-0.15, -0.1) is 0 Å². The fourth-order valence-corrected chi connectivity index (χ4v) is 3.71. The highest BCUT2D eigenvalue weighted by atomic mass is 19.1. The number of benzene rings is 2. The Bertz CT molecular complexity index is 738. The molecule has 1 aliphatic heterocycles. The molecule has 2 aromatic rings. The lowest BCUT2D eigenvalue weighted by molar-refractivity contribution is 0.257. The lowest BCUT2D eigenvalue weighted by atomic mass is 10.1. The largest absolute Gasteiger partial charge is 0.493 e. The highest BCUT2D eigenvalue weighted by Gasteiger charge is 2.22. The van der Waals surface area contributed by atoms with Gasteiger partial charge in [0, 0.05) is 30.3 Å². The molecule has 0 bridgehead atoms. The van der Waals surface area contributed by atoms with Crippen LogP contribution in [0.5, 0.6) is 11.5 Å². The summed E-state index contributed by atoms with van der Waals surface area (Å²) < 4.78 is 25.3. The van der Waals surface area contributed by atoms with Gasteiger partial charge in [-0.3, -0.25) is 4.90 Å². The maximum absolute atomic E-state index is 13.9. The first-order valence-electron chi connectivity index (χ1n) is 9.69. The predicted molar refractivity (Wildman–Crippen MR) is 106 cm³/mol. The van der Waals surface area contributed by atoms with Crippen molar-refractivity contribution < 1.29 is 13.9 Å². The highest BCUT2D eigenvalue weighted by Crippen LogP contribution is 2.32. The smallest absolute Gasteiger partial charge is 0.166 e. The van der Waals surface area contributed by atoms with Crippen LogP contribution in [0.25, 0.3) is 0 Å². The van der Waals surface area contributed by atoms with Crippen LogP contribution in [-0.2, 0) is 13.2 Å². The fraction of sp³-hybridized carbons (Fsp3) is 0.455. The van der Waals surface area contributed by atoms with Gasteiger partial charge in [0.2, 0.25) is 0 Å². The molecule has 27 heavy (non-hydrogen) atoms. The normalized spacial score (nSPS) is 17.2. The average Bonchev–Trinajstić information content (AvgIpc) is 3.15. The molecule has 0 amide bonds. The molecule has 1 heterocycles. The Kier molecular flexibility index (Phi) is 7.07. The van der Waals surface area contributed by atoms with E-state index in [1.807, 2.05) is 24.3 Å². The van der Waals surface area contributed by atoms with Gasteiger partial charge in [0.05, 0.1) is 7.11 Å². The van der Waals surface area contributed by atoms with Gasteiger partial charge in [-0.2, -0.15) is 0 Å². The van der Waals surface area contributed by atoms with E-state index in [-0.39, 0.29) is 12.4 Å². The number of nitrogens with zero attached hydrogens (tertiary/aromatic N) is 1. The zero-order chi connectivity index (χ0) is 19.1. The van der Waals surface area contributed by atoms with Crippen molar-refractivity contribution in [2.75, 3.05) is 26.7 Å². The van der Waals surface area contributed by atoms with E-state index in [1.54, 1.807) is 19.2 Å². The monoisotopic (exact) mass is 372 g/mol. The molecule has 2 aromatic carbocycles. The van der Waals surface area contributed by atoms with Crippen LogP contribution in [0.3, 0.4) is 0 Å². The summed E-state index contributed by atoms with van der Waals surface area (Å²) in [6.07, 6.45) is 2.52. The van der Waals surface area contributed by atoms with Gasteiger partial charge in [0.25, 0.3) is 0 Å². The van der Waals surface area contributed by atoms with Crippen molar-refractivity contribution >= 4 is 0 Å². The van der Waals surface area contributed by atoms with E-state index >= 15 is 0 Å². The predicted octanol–water partition coefficient (Wildman–Crippen LogP) is 3.99. The molecule has 1 saturated heterocycles. The molecule has 0 radical (unpaired) electrons. The SMILES string of the molecule is CCN1CCC[C@@H]1CNCc1cccc(OC)c1OCc1ccccc1F. The van der Waals surface area contributed by atoms with E-state index < -0.39 is 0 Å². The molecule has 0 saturated carbocycles. The topological polar surface area (TPSA) is 33.7 Å². The van der Waals surface area contributed by atoms with Crippen molar-refractivity contribution in [1.82, 2.24) is 10.2 Å². The van der Waals surface area contributed by atoms with Crippen molar-refractivity contribution in [2.45, 2.75) is 39.0 Å². The number of nitrogens with one attached hydrogen (secondary N) is 1. The third kappa shape index (κ3) is 4.99. The molecule has 5 heteroatoms. The van der Waals surface area contributed by atoms with Crippen LogP contribution < -0.4 is 14.8 Å². The number of halogens is 1. The Morgan fingerprint density at radius 3 is 2.74 bits per heavy atom. The van der Waals surface area contributed by atoms with Gasteiger partial charge in [0.15, 0.2) is 11.5 Å². The molecule has 3 rings (SSSR count). The molecule has 0 spiro atoms. The Morgan fingerprint density at radius 2 is 1.96 bits per heavy atom. The van der Waals surface area contributed by atoms with E-state index in [9.17, 15) is 4.39 Å². The minimum atomic E-state index is -0.257. The van der Waals surface area contributed by atoms with Crippen molar-refractivity contribution in [3.63, 3.8) is 0 Å². The Balaban J connectivity index is 1.65. The molecule has 4 nitrogen and oxygen atoms in total. The Hall–Kier alpha value is -2.11. The number of rotatable bonds is 9. The molecular weight excluding hydrogens is 343 g/mol. The van der Waals surface area contributed by atoms with Gasteiger partial charge in [-0.25, -0.2) is 4.39 Å². The zero-order valence-corrected chi connectivity index (χ0v) is 16.2. The molecule has 1 atom stereocenters. The van der Waals surface area contributed by atoms with E-state index in [2.05, 4.69) is 17.1 Å². The van der Waals surface area contributed by atoms with Crippen LogP contribution in [0, 0.1) is 5.82 Å². The average molecular weight is 372 g/mol. The number of methoxy groups -OCH3 is 1. The highest BCUT2D eigenvalue weighted by molar-refractivity contribution is 5.46. The van der Waals surface area contributed by atoms with Crippen molar-refractivity contribution in [3.05, 3.63) is 59.4 Å². The molecule has 1 aliphatic rings. The molecule has 0 unspecified atom stereocenters. The summed E-state index contributed by atoms with van der Waals surface area (Å²) in [5.74, 6) is 1.09. The van der Waals surface area contributed by atoms with Crippen molar-refractivity contribution in [3.8, 4) is 11.5 Å². The van der Waals surface area contributed by atoms with Crippen molar-refractivity contribution in [1.29, 1.82) is 0 Å². The molecular formula is C22H29FN2O2. The molecule has 1 fully saturated rings. The van der Waals surface area contributed by atoms with Crippen LogP contribution in [0.2, 0.25) is 0 Å². The maximum atomic E-state index is 13.9. The number of likely N-dealkylation sites (N-methyl/N-ethyl adjacent to an activating group) is 1. The lowest BCUT2D eigenvalue weighted by Crippen LogP contribution is -2.37. The zero-order valence-electron chi connectivity index (χ0n) is 16.2. The molecule has 1 N–H and O–H groups in total. The first-order chi connectivity index (χ1) is 13.2. The second-order valence-corrected chi connectivity index (χ2v) is 6.88. The van der Waals surface area contributed by atoms with Gasteiger partial charge in [-0.05, 0) is 38.1 Å². The molecule has 0 aliphatic carbocycles. The van der Waals surface area contributed by atoms with Gasteiger partial charge in [-0.1, -0.05) is 37.3 Å². The Labute approximate surface area is 161 Å². The number of para-hydroxylation sites is 1. The van der Waals surface area contributed by atoms with Crippen LogP contribution in [0.1, 0.15) is 30.9 Å². The maximum Gasteiger partial charge on any atom is 0.166 e. The minimum Gasteiger partial charge on any atom is -0.493 e. The number of ether oxygens (including phenoxy) is 2. The molecule has 146 valence electrons. The summed E-state index contributed by atoms with van der Waals surface area (Å²) in [6.45, 7) is 6.33. The van der Waals surface area contributed by atoms with Gasteiger partial charge < -0.3 is 14.8 Å². The van der Waals surface area contributed by atoms with E-state index in [0.29, 0.717) is 29.6 Å². The summed E-state index contributed by atoms with van der Waals surface area (Å²) in [4.78, 5) is 2.52. The van der Waals surface area contributed by atoms with Crippen LogP contribution >= 0.6 is 0 Å². The fourth-order valence-electron chi connectivity index (χ4n) is 3.71. The summed E-state index contributed by atoms with van der Waals surface area (Å²) in [5.41, 5.74) is 1.55. The third-order valence-electron chi connectivity index (χ3n) is 5.21. The van der Waals surface area contributed by atoms with E-state index in [4.69, 9.17) is 9.47 Å². The number of hydrogen-bond acceptors (Lipinski definition) is 4. The summed E-state index contributed by atoms with van der Waals surface area (Å²) >= 11 is 0.